The quantitative estimate of drug-likeness (QED) is 0.691. The van der Waals surface area contributed by atoms with Gasteiger partial charge in [-0.3, -0.25) is 4.79 Å². The van der Waals surface area contributed by atoms with Crippen LogP contribution in [0, 0.1) is 6.92 Å². The van der Waals surface area contributed by atoms with Crippen molar-refractivity contribution in [1.82, 2.24) is 0 Å². The van der Waals surface area contributed by atoms with Crippen LogP contribution in [0.4, 0.5) is 0 Å². The smallest absolute Gasteiger partial charge is 0.146 e. The van der Waals surface area contributed by atoms with Gasteiger partial charge in [-0.2, -0.15) is 0 Å². The van der Waals surface area contributed by atoms with Gasteiger partial charge in [-0.05, 0) is 25.8 Å². The van der Waals surface area contributed by atoms with Crippen LogP contribution in [0.1, 0.15) is 38.9 Å². The van der Waals surface area contributed by atoms with E-state index in [1.165, 1.54) is 0 Å². The Balaban J connectivity index is 2.61. The number of carbonyl (C=O) groups excluding carboxylic acids is 1. The molecule has 0 aliphatic rings. The second kappa shape index (κ2) is 6.01. The molecule has 1 rings (SSSR count). The monoisotopic (exact) mass is 226 g/mol. The van der Waals surface area contributed by atoms with Gasteiger partial charge in [-0.25, -0.2) is 0 Å². The molecule has 1 aromatic rings. The zero-order valence-electron chi connectivity index (χ0n) is 9.58. The van der Waals surface area contributed by atoms with Crippen LogP contribution in [0.25, 0.3) is 0 Å². The molecule has 0 aliphatic heterocycles. The molecule has 0 saturated heterocycles. The Morgan fingerprint density at radius 2 is 2.27 bits per heavy atom. The van der Waals surface area contributed by atoms with Gasteiger partial charge in [0.05, 0.1) is 11.5 Å². The van der Waals surface area contributed by atoms with E-state index < -0.39 is 0 Å². The molecule has 0 aromatic carbocycles. The second-order valence-corrected chi connectivity index (χ2v) is 4.82. The van der Waals surface area contributed by atoms with Crippen molar-refractivity contribution in [2.75, 3.05) is 0 Å². The maximum Gasteiger partial charge on any atom is 0.146 e. The second-order valence-electron chi connectivity index (χ2n) is 3.57. The Morgan fingerprint density at radius 1 is 1.53 bits per heavy atom. The van der Waals surface area contributed by atoms with E-state index in [1.807, 2.05) is 19.9 Å². The third-order valence-electron chi connectivity index (χ3n) is 2.31. The van der Waals surface area contributed by atoms with Gasteiger partial charge in [0.2, 0.25) is 0 Å². The third kappa shape index (κ3) is 3.42. The van der Waals surface area contributed by atoms with Gasteiger partial charge in [0, 0.05) is 11.3 Å². The number of ketones is 1. The summed E-state index contributed by atoms with van der Waals surface area (Å²) in [5.74, 6) is 1.26. The molecular weight excluding hydrogens is 208 g/mol. The number of furan rings is 1. The molecule has 0 spiro atoms. The molecule has 0 fully saturated rings. The molecule has 0 amide bonds. The van der Waals surface area contributed by atoms with Crippen molar-refractivity contribution in [2.45, 2.75) is 50.2 Å². The highest BCUT2D eigenvalue weighted by atomic mass is 32.2. The van der Waals surface area contributed by atoms with Gasteiger partial charge in [0.1, 0.15) is 11.5 Å². The summed E-state index contributed by atoms with van der Waals surface area (Å²) < 4.78 is 5.22. The molecule has 1 heterocycles. The van der Waals surface area contributed by atoms with E-state index >= 15 is 0 Å². The van der Waals surface area contributed by atoms with Crippen molar-refractivity contribution >= 4 is 17.5 Å². The molecule has 0 saturated carbocycles. The molecular formula is C12H18O2S. The number of carbonyl (C=O) groups is 1. The summed E-state index contributed by atoms with van der Waals surface area (Å²) in [4.78, 5) is 12.8. The lowest BCUT2D eigenvalue weighted by atomic mass is 10.1. The fourth-order valence-corrected chi connectivity index (χ4v) is 2.50. The van der Waals surface area contributed by atoms with Crippen molar-refractivity contribution in [1.29, 1.82) is 0 Å². The lowest BCUT2D eigenvalue weighted by Crippen LogP contribution is -2.15. The van der Waals surface area contributed by atoms with Crippen molar-refractivity contribution in [3.8, 4) is 0 Å². The highest BCUT2D eigenvalue weighted by Gasteiger charge is 2.18. The molecule has 15 heavy (non-hydrogen) atoms. The normalized spacial score (nSPS) is 12.7. The zero-order valence-corrected chi connectivity index (χ0v) is 10.4. The summed E-state index contributed by atoms with van der Waals surface area (Å²) in [5.41, 5.74) is 0. The van der Waals surface area contributed by atoms with Crippen molar-refractivity contribution < 1.29 is 9.21 Å². The zero-order chi connectivity index (χ0) is 11.3. The summed E-state index contributed by atoms with van der Waals surface area (Å²) in [6.07, 6.45) is 4.17. The summed E-state index contributed by atoms with van der Waals surface area (Å²) >= 11 is 1.63. The molecule has 0 aliphatic carbocycles. The number of aryl methyl sites for hydroxylation is 1. The molecule has 0 bridgehead atoms. The van der Waals surface area contributed by atoms with E-state index in [0.29, 0.717) is 12.2 Å². The van der Waals surface area contributed by atoms with E-state index in [4.69, 9.17) is 4.42 Å². The van der Waals surface area contributed by atoms with Gasteiger partial charge >= 0.3 is 0 Å². The maximum absolute atomic E-state index is 11.8. The third-order valence-corrected chi connectivity index (χ3v) is 3.86. The van der Waals surface area contributed by atoms with Crippen LogP contribution < -0.4 is 0 Å². The van der Waals surface area contributed by atoms with Gasteiger partial charge in [-0.1, -0.05) is 13.8 Å². The Kier molecular flexibility index (Phi) is 4.95. The van der Waals surface area contributed by atoms with Crippen LogP contribution in [0.3, 0.4) is 0 Å². The largest absolute Gasteiger partial charge is 0.468 e. The van der Waals surface area contributed by atoms with Gasteiger partial charge in [0.15, 0.2) is 0 Å². The predicted octanol–water partition coefficient (Wildman–Crippen LogP) is 3.83. The first-order valence-electron chi connectivity index (χ1n) is 5.42. The van der Waals surface area contributed by atoms with E-state index in [0.717, 1.165) is 23.5 Å². The molecule has 2 nitrogen and oxygen atoms in total. The summed E-state index contributed by atoms with van der Waals surface area (Å²) in [6.45, 7) is 6.03. The fraction of sp³-hybridized carbons (Fsp3) is 0.583. The average Bonchev–Trinajstić information content (AvgIpc) is 2.61. The van der Waals surface area contributed by atoms with Crippen LogP contribution in [-0.4, -0.2) is 11.0 Å². The van der Waals surface area contributed by atoms with Crippen LogP contribution in [-0.2, 0) is 4.79 Å². The number of rotatable bonds is 6. The number of Topliss-reactive ketones (excluding diaryl/α,β-unsaturated/α-hetero) is 1. The minimum atomic E-state index is 0.0845. The van der Waals surface area contributed by atoms with Crippen LogP contribution in [0.15, 0.2) is 21.6 Å². The molecule has 1 aromatic heterocycles. The van der Waals surface area contributed by atoms with E-state index in [1.54, 1.807) is 18.0 Å². The van der Waals surface area contributed by atoms with E-state index in [-0.39, 0.29) is 5.25 Å². The minimum absolute atomic E-state index is 0.0845. The lowest BCUT2D eigenvalue weighted by molar-refractivity contribution is -0.118. The topological polar surface area (TPSA) is 30.2 Å². The standard InChI is InChI=1S/C12H18O2S/c1-4-6-10(13)11(5-2)15-12-7-8-14-9(12)3/h7-8,11H,4-6H2,1-3H3. The Hall–Kier alpha value is -0.700. The van der Waals surface area contributed by atoms with Crippen molar-refractivity contribution in [3.63, 3.8) is 0 Å². The van der Waals surface area contributed by atoms with Crippen LogP contribution in [0.2, 0.25) is 0 Å². The SMILES string of the molecule is CCCC(=O)C(CC)Sc1ccoc1C. The molecule has 84 valence electrons. The van der Waals surface area contributed by atoms with Gasteiger partial charge in [-0.15, -0.1) is 11.8 Å². The van der Waals surface area contributed by atoms with Crippen LogP contribution >= 0.6 is 11.8 Å². The van der Waals surface area contributed by atoms with E-state index in [9.17, 15) is 4.79 Å². The van der Waals surface area contributed by atoms with Crippen LogP contribution in [0.5, 0.6) is 0 Å². The first-order valence-corrected chi connectivity index (χ1v) is 6.30. The summed E-state index contributed by atoms with van der Waals surface area (Å²) in [6, 6.07) is 1.93. The lowest BCUT2D eigenvalue weighted by Gasteiger charge is -2.11. The molecule has 3 heteroatoms. The Labute approximate surface area is 95.4 Å². The Morgan fingerprint density at radius 3 is 2.73 bits per heavy atom. The first kappa shape index (κ1) is 12.4. The highest BCUT2D eigenvalue weighted by molar-refractivity contribution is 8.00. The minimum Gasteiger partial charge on any atom is -0.468 e. The molecule has 1 atom stereocenters. The molecule has 0 radical (unpaired) electrons. The van der Waals surface area contributed by atoms with Crippen molar-refractivity contribution in [3.05, 3.63) is 18.1 Å². The predicted molar refractivity (Wildman–Crippen MR) is 63.3 cm³/mol. The number of hydrogen-bond donors (Lipinski definition) is 0. The summed E-state index contributed by atoms with van der Waals surface area (Å²) in [5, 5.41) is 0.0845. The average molecular weight is 226 g/mol. The molecule has 0 N–H and O–H groups in total. The molecule has 1 unspecified atom stereocenters. The maximum atomic E-state index is 11.8. The number of thioether (sulfide) groups is 1. The fourth-order valence-electron chi connectivity index (χ4n) is 1.43. The van der Waals surface area contributed by atoms with Gasteiger partial charge in [0.25, 0.3) is 0 Å². The highest BCUT2D eigenvalue weighted by Crippen LogP contribution is 2.30. The first-order chi connectivity index (χ1) is 7.19. The van der Waals surface area contributed by atoms with Crippen molar-refractivity contribution in [2.24, 2.45) is 0 Å². The van der Waals surface area contributed by atoms with E-state index in [2.05, 4.69) is 6.92 Å². The van der Waals surface area contributed by atoms with Gasteiger partial charge < -0.3 is 4.42 Å². The Bertz CT molecular complexity index is 317. The summed E-state index contributed by atoms with van der Waals surface area (Å²) in [7, 11) is 0. The number of hydrogen-bond acceptors (Lipinski definition) is 3.